The van der Waals surface area contributed by atoms with Gasteiger partial charge in [0.1, 0.15) is 0 Å². The van der Waals surface area contributed by atoms with E-state index < -0.39 is 23.4 Å². The number of nitrogens with one attached hydrogen (secondary N) is 1. The molecule has 0 saturated heterocycles. The highest BCUT2D eigenvalue weighted by Gasteiger charge is 2.26. The Labute approximate surface area is 118 Å². The second-order valence-corrected chi connectivity index (χ2v) is 4.42. The van der Waals surface area contributed by atoms with Crippen molar-refractivity contribution in [2.24, 2.45) is 0 Å². The van der Waals surface area contributed by atoms with Gasteiger partial charge in [-0.15, -0.1) is 0 Å². The molecular weight excluding hydrogens is 276 g/mol. The van der Waals surface area contributed by atoms with Gasteiger partial charge in [-0.2, -0.15) is 0 Å². The number of rotatable bonds is 0. The Hall–Kier alpha value is -3.00. The van der Waals surface area contributed by atoms with Gasteiger partial charge in [0.2, 0.25) is 0 Å². The third-order valence-electron chi connectivity index (χ3n) is 3.01. The monoisotopic (exact) mass is 283 g/mol. The smallest absolute Gasteiger partial charge is 0.258 e. The Morgan fingerprint density at radius 1 is 0.762 bits per heavy atom. The summed E-state index contributed by atoms with van der Waals surface area (Å²) in [5, 5.41) is 2.18. The van der Waals surface area contributed by atoms with Crippen LogP contribution in [-0.2, 0) is 0 Å². The van der Waals surface area contributed by atoms with Gasteiger partial charge in [-0.05, 0) is 36.4 Å². The summed E-state index contributed by atoms with van der Waals surface area (Å²) in [6.45, 7) is 0. The summed E-state index contributed by atoms with van der Waals surface area (Å²) < 4.78 is 25.8. The zero-order valence-corrected chi connectivity index (χ0v) is 10.5. The predicted molar refractivity (Wildman–Crippen MR) is 70.6 cm³/mol. The molecule has 0 bridgehead atoms. The number of fused-ring (bicyclic) bond motifs is 1. The fraction of sp³-hybridized carbons (Fsp3) is 0. The fourth-order valence-electron chi connectivity index (χ4n) is 1.96. The van der Waals surface area contributed by atoms with E-state index in [1.165, 1.54) is 18.2 Å². The molecule has 0 fully saturated rings. The van der Waals surface area contributed by atoms with Crippen molar-refractivity contribution in [3.63, 3.8) is 0 Å². The van der Waals surface area contributed by atoms with Crippen molar-refractivity contribution in [1.29, 1.82) is 0 Å². The average Bonchev–Trinajstić information content (AvgIpc) is 2.75. The number of amides is 2. The van der Waals surface area contributed by atoms with Crippen LogP contribution in [0.3, 0.4) is 0 Å². The molecule has 2 aromatic carbocycles. The van der Waals surface area contributed by atoms with Gasteiger partial charge >= 0.3 is 0 Å². The lowest BCUT2D eigenvalue weighted by Crippen LogP contribution is -2.19. The van der Waals surface area contributed by atoms with Crippen LogP contribution in [0.1, 0.15) is 31.8 Å². The van der Waals surface area contributed by atoms with Gasteiger partial charge in [-0.25, -0.2) is 8.78 Å². The molecule has 0 aliphatic carbocycles. The van der Waals surface area contributed by atoms with Gasteiger partial charge in [0.15, 0.2) is 11.6 Å². The molecule has 0 aromatic heterocycles. The first kappa shape index (κ1) is 13.0. The highest BCUT2D eigenvalue weighted by molar-refractivity contribution is 6.21. The maximum atomic E-state index is 13.0. The van der Waals surface area contributed by atoms with E-state index in [1.54, 1.807) is 6.07 Å². The van der Waals surface area contributed by atoms with E-state index in [9.17, 15) is 18.4 Å². The molecule has 5 heteroatoms. The van der Waals surface area contributed by atoms with Crippen molar-refractivity contribution >= 4 is 11.8 Å². The third-order valence-corrected chi connectivity index (χ3v) is 3.01. The highest BCUT2D eigenvalue weighted by atomic mass is 19.2. The van der Waals surface area contributed by atoms with E-state index in [0.29, 0.717) is 16.7 Å². The van der Waals surface area contributed by atoms with Crippen LogP contribution in [0, 0.1) is 23.5 Å². The first-order chi connectivity index (χ1) is 10.0. The van der Waals surface area contributed by atoms with E-state index in [2.05, 4.69) is 17.2 Å². The molecule has 0 spiro atoms. The van der Waals surface area contributed by atoms with Crippen molar-refractivity contribution in [1.82, 2.24) is 5.32 Å². The van der Waals surface area contributed by atoms with Crippen LogP contribution in [-0.4, -0.2) is 11.8 Å². The molecule has 1 N–H and O–H groups in total. The minimum atomic E-state index is -0.972. The zero-order valence-electron chi connectivity index (χ0n) is 10.5. The predicted octanol–water partition coefficient (Wildman–Crippen LogP) is 2.25. The van der Waals surface area contributed by atoms with Gasteiger partial charge in [0, 0.05) is 11.1 Å². The van der Waals surface area contributed by atoms with Crippen molar-refractivity contribution in [3.05, 3.63) is 70.3 Å². The lowest BCUT2D eigenvalue weighted by molar-refractivity contribution is 0.0879. The lowest BCUT2D eigenvalue weighted by Gasteiger charge is -1.95. The molecule has 3 nitrogen and oxygen atoms in total. The van der Waals surface area contributed by atoms with Gasteiger partial charge in [0.25, 0.3) is 11.8 Å². The second-order valence-electron chi connectivity index (χ2n) is 4.42. The van der Waals surface area contributed by atoms with E-state index >= 15 is 0 Å². The van der Waals surface area contributed by atoms with Crippen molar-refractivity contribution < 1.29 is 18.4 Å². The number of halogens is 2. The Bertz CT molecular complexity index is 847. The van der Waals surface area contributed by atoms with Crippen molar-refractivity contribution in [2.45, 2.75) is 0 Å². The average molecular weight is 283 g/mol. The standard InChI is InChI=1S/C16H7F2NO2/c17-13-6-4-10(8-14(13)18)2-1-9-3-5-11-12(7-9)16(21)19-15(11)20/h3-8H,(H,19,20,21). The van der Waals surface area contributed by atoms with Crippen molar-refractivity contribution in [3.8, 4) is 11.8 Å². The first-order valence-electron chi connectivity index (χ1n) is 6.01. The molecular formula is C16H7F2NO2. The Kier molecular flexibility index (Phi) is 2.99. The van der Waals surface area contributed by atoms with Crippen LogP contribution in [0.4, 0.5) is 8.78 Å². The molecule has 1 aliphatic heterocycles. The summed E-state index contributed by atoms with van der Waals surface area (Å²) in [4.78, 5) is 22.9. The summed E-state index contributed by atoms with van der Waals surface area (Å²) in [7, 11) is 0. The number of carbonyl (C=O) groups excluding carboxylic acids is 2. The molecule has 1 heterocycles. The normalized spacial score (nSPS) is 12.5. The Morgan fingerprint density at radius 3 is 2.10 bits per heavy atom. The molecule has 3 rings (SSSR count). The minimum absolute atomic E-state index is 0.261. The molecule has 2 amide bonds. The summed E-state index contributed by atoms with van der Waals surface area (Å²) in [6, 6.07) is 7.92. The highest BCUT2D eigenvalue weighted by Crippen LogP contribution is 2.17. The lowest BCUT2D eigenvalue weighted by atomic mass is 10.1. The van der Waals surface area contributed by atoms with Crippen LogP contribution in [0.2, 0.25) is 0 Å². The summed E-state index contributed by atoms with van der Waals surface area (Å²) in [5.41, 5.74) is 1.38. The number of benzene rings is 2. The molecule has 21 heavy (non-hydrogen) atoms. The molecule has 2 aromatic rings. The van der Waals surface area contributed by atoms with Crippen molar-refractivity contribution in [2.75, 3.05) is 0 Å². The van der Waals surface area contributed by atoms with E-state index in [-0.39, 0.29) is 5.56 Å². The van der Waals surface area contributed by atoms with Gasteiger partial charge < -0.3 is 0 Å². The minimum Gasteiger partial charge on any atom is -0.288 e. The second kappa shape index (κ2) is 4.84. The van der Waals surface area contributed by atoms with Crippen LogP contribution in [0.5, 0.6) is 0 Å². The van der Waals surface area contributed by atoms with E-state index in [1.807, 2.05) is 0 Å². The zero-order chi connectivity index (χ0) is 15.0. The number of carbonyl (C=O) groups is 2. The SMILES string of the molecule is O=C1NC(=O)c2cc(C#Cc3ccc(F)c(F)c3)ccc21. The fourth-order valence-corrected chi connectivity index (χ4v) is 1.96. The number of hydrogen-bond donors (Lipinski definition) is 1. The van der Waals surface area contributed by atoms with Crippen LogP contribution >= 0.6 is 0 Å². The Morgan fingerprint density at radius 2 is 1.38 bits per heavy atom. The molecule has 0 radical (unpaired) electrons. The molecule has 0 unspecified atom stereocenters. The maximum Gasteiger partial charge on any atom is 0.258 e. The van der Waals surface area contributed by atoms with Crippen LogP contribution in [0.25, 0.3) is 0 Å². The van der Waals surface area contributed by atoms with Gasteiger partial charge in [0.05, 0.1) is 11.1 Å². The maximum absolute atomic E-state index is 13.0. The quantitative estimate of drug-likeness (QED) is 0.595. The topological polar surface area (TPSA) is 46.2 Å². The number of imide groups is 1. The summed E-state index contributed by atoms with van der Waals surface area (Å²) in [6.07, 6.45) is 0. The van der Waals surface area contributed by atoms with E-state index in [4.69, 9.17) is 0 Å². The van der Waals surface area contributed by atoms with Crippen LogP contribution < -0.4 is 5.32 Å². The summed E-state index contributed by atoms with van der Waals surface area (Å²) in [5.74, 6) is 2.61. The molecule has 1 aliphatic rings. The molecule has 0 atom stereocenters. The Balaban J connectivity index is 1.95. The van der Waals surface area contributed by atoms with Gasteiger partial charge in [-0.1, -0.05) is 11.8 Å². The van der Waals surface area contributed by atoms with E-state index in [0.717, 1.165) is 12.1 Å². The number of hydrogen-bond acceptors (Lipinski definition) is 2. The third kappa shape index (κ3) is 2.39. The first-order valence-corrected chi connectivity index (χ1v) is 6.01. The largest absolute Gasteiger partial charge is 0.288 e. The summed E-state index contributed by atoms with van der Waals surface area (Å²) >= 11 is 0. The molecule has 102 valence electrons. The molecule has 0 saturated carbocycles. The van der Waals surface area contributed by atoms with Crippen LogP contribution in [0.15, 0.2) is 36.4 Å². The van der Waals surface area contributed by atoms with Gasteiger partial charge in [-0.3, -0.25) is 14.9 Å².